The van der Waals surface area contributed by atoms with E-state index in [9.17, 15) is 4.79 Å². The Kier molecular flexibility index (Phi) is 3.38. The Hall–Kier alpha value is -2.21. The Morgan fingerprint density at radius 2 is 2.27 bits per heavy atom. The monoisotopic (exact) mass is 298 g/mol. The molecule has 1 saturated heterocycles. The zero-order valence-electron chi connectivity index (χ0n) is 12.2. The molecule has 1 aliphatic carbocycles. The maximum absolute atomic E-state index is 12.4. The van der Waals surface area contributed by atoms with Crippen molar-refractivity contribution in [3.8, 4) is 0 Å². The topological polar surface area (TPSA) is 71.3 Å². The van der Waals surface area contributed by atoms with Crippen LogP contribution in [0.15, 0.2) is 41.4 Å². The molecule has 2 aromatic rings. The number of carbonyl (C=O) groups is 1. The zero-order chi connectivity index (χ0) is 14.9. The van der Waals surface area contributed by atoms with Gasteiger partial charge in [-0.2, -0.15) is 0 Å². The summed E-state index contributed by atoms with van der Waals surface area (Å²) >= 11 is 0. The van der Waals surface area contributed by atoms with E-state index in [0.29, 0.717) is 19.0 Å². The molecule has 2 aromatic heterocycles. The van der Waals surface area contributed by atoms with Crippen molar-refractivity contribution in [1.29, 1.82) is 0 Å². The molecule has 1 aliphatic heterocycles. The minimum Gasteiger partial charge on any atom is -0.364 e. The number of pyridine rings is 1. The van der Waals surface area contributed by atoms with Crippen LogP contribution in [0.5, 0.6) is 0 Å². The minimum atomic E-state index is 0.0561. The van der Waals surface area contributed by atoms with Crippen LogP contribution in [0, 0.1) is 0 Å². The van der Waals surface area contributed by atoms with Crippen molar-refractivity contribution in [2.75, 3.05) is 0 Å². The van der Waals surface area contributed by atoms with Crippen LogP contribution in [0.25, 0.3) is 0 Å². The van der Waals surface area contributed by atoms with E-state index in [0.717, 1.165) is 24.1 Å². The fraction of sp³-hybridized carbons (Fsp3) is 0.438. The van der Waals surface area contributed by atoms with Gasteiger partial charge in [0.25, 0.3) is 0 Å². The lowest BCUT2D eigenvalue weighted by molar-refractivity contribution is -0.129. The molecule has 0 unspecified atom stereocenters. The van der Waals surface area contributed by atoms with E-state index in [-0.39, 0.29) is 18.0 Å². The van der Waals surface area contributed by atoms with Crippen LogP contribution >= 0.6 is 0 Å². The number of aromatic nitrogens is 2. The standard InChI is InChI=1S/C16H18N4O2/c21-15-8-14(18-10-12-5-7-22-19-12)16(20(15)13-3-4-13)11-2-1-6-17-9-11/h1-2,5-7,9,13-14,16,18H,3-4,8,10H2/t14-,16+/m1/s1. The minimum absolute atomic E-state index is 0.0561. The molecule has 3 heterocycles. The Balaban J connectivity index is 1.57. The first-order valence-electron chi connectivity index (χ1n) is 7.66. The van der Waals surface area contributed by atoms with Crippen LogP contribution < -0.4 is 5.32 Å². The summed E-state index contributed by atoms with van der Waals surface area (Å²) in [5.41, 5.74) is 1.94. The van der Waals surface area contributed by atoms with Crippen LogP contribution in [0.1, 0.15) is 36.6 Å². The predicted octanol–water partition coefficient (Wildman–Crippen LogP) is 1.66. The van der Waals surface area contributed by atoms with Crippen molar-refractivity contribution in [2.24, 2.45) is 0 Å². The molecule has 6 nitrogen and oxygen atoms in total. The van der Waals surface area contributed by atoms with Crippen LogP contribution in [0.2, 0.25) is 0 Å². The summed E-state index contributed by atoms with van der Waals surface area (Å²) in [6, 6.07) is 6.35. The highest BCUT2D eigenvalue weighted by Gasteiger charge is 2.47. The summed E-state index contributed by atoms with van der Waals surface area (Å²) in [7, 11) is 0. The molecule has 22 heavy (non-hydrogen) atoms. The molecule has 1 amide bonds. The highest BCUT2D eigenvalue weighted by Crippen LogP contribution is 2.41. The summed E-state index contributed by atoms with van der Waals surface area (Å²) in [6.07, 6.45) is 7.93. The van der Waals surface area contributed by atoms with Gasteiger partial charge in [0.2, 0.25) is 5.91 Å². The average molecular weight is 298 g/mol. The van der Waals surface area contributed by atoms with Gasteiger partial charge in [0, 0.05) is 43.5 Å². The van der Waals surface area contributed by atoms with Gasteiger partial charge in [0.05, 0.1) is 11.7 Å². The molecule has 2 atom stereocenters. The first-order valence-corrected chi connectivity index (χ1v) is 7.66. The molecule has 0 radical (unpaired) electrons. The molecule has 0 bridgehead atoms. The van der Waals surface area contributed by atoms with E-state index in [1.807, 2.05) is 18.3 Å². The van der Waals surface area contributed by atoms with E-state index in [2.05, 4.69) is 26.4 Å². The quantitative estimate of drug-likeness (QED) is 0.909. The lowest BCUT2D eigenvalue weighted by Crippen LogP contribution is -2.37. The van der Waals surface area contributed by atoms with Gasteiger partial charge in [-0.25, -0.2) is 0 Å². The first kappa shape index (κ1) is 13.5. The summed E-state index contributed by atoms with van der Waals surface area (Å²) in [5.74, 6) is 0.231. The van der Waals surface area contributed by atoms with E-state index in [1.165, 1.54) is 0 Å². The van der Waals surface area contributed by atoms with Gasteiger partial charge in [-0.15, -0.1) is 0 Å². The Bertz CT molecular complexity index is 639. The maximum Gasteiger partial charge on any atom is 0.225 e. The SMILES string of the molecule is O=C1C[C@@H](NCc2ccon2)[C@H](c2cccnc2)N1C1CC1. The van der Waals surface area contributed by atoms with E-state index in [1.54, 1.807) is 12.5 Å². The Labute approximate surface area is 128 Å². The van der Waals surface area contributed by atoms with Crippen molar-refractivity contribution in [3.05, 3.63) is 48.1 Å². The van der Waals surface area contributed by atoms with Crippen molar-refractivity contribution in [3.63, 3.8) is 0 Å². The number of nitrogens with one attached hydrogen (secondary N) is 1. The van der Waals surface area contributed by atoms with Crippen molar-refractivity contribution >= 4 is 5.91 Å². The van der Waals surface area contributed by atoms with Crippen molar-refractivity contribution < 1.29 is 9.32 Å². The number of likely N-dealkylation sites (tertiary alicyclic amines) is 1. The van der Waals surface area contributed by atoms with Gasteiger partial charge in [0.15, 0.2) is 0 Å². The molecule has 4 rings (SSSR count). The van der Waals surface area contributed by atoms with E-state index >= 15 is 0 Å². The molecule has 2 aliphatic rings. The highest BCUT2D eigenvalue weighted by atomic mass is 16.5. The van der Waals surface area contributed by atoms with Gasteiger partial charge in [-0.1, -0.05) is 11.2 Å². The highest BCUT2D eigenvalue weighted by molar-refractivity contribution is 5.81. The second kappa shape index (κ2) is 5.53. The van der Waals surface area contributed by atoms with E-state index < -0.39 is 0 Å². The number of hydrogen-bond acceptors (Lipinski definition) is 5. The predicted molar refractivity (Wildman–Crippen MR) is 78.6 cm³/mol. The first-order chi connectivity index (χ1) is 10.8. The van der Waals surface area contributed by atoms with Crippen LogP contribution in [-0.2, 0) is 11.3 Å². The normalized spacial score (nSPS) is 24.9. The molecule has 1 saturated carbocycles. The molecular weight excluding hydrogens is 280 g/mol. The fourth-order valence-electron chi connectivity index (χ4n) is 3.23. The third kappa shape index (κ3) is 2.50. The van der Waals surface area contributed by atoms with Gasteiger partial charge in [-0.05, 0) is 24.5 Å². The molecule has 114 valence electrons. The molecule has 0 aromatic carbocycles. The molecule has 0 spiro atoms. The Morgan fingerprint density at radius 1 is 1.36 bits per heavy atom. The zero-order valence-corrected chi connectivity index (χ0v) is 12.2. The average Bonchev–Trinajstić information content (AvgIpc) is 3.13. The van der Waals surface area contributed by atoms with Crippen molar-refractivity contribution in [1.82, 2.24) is 20.4 Å². The smallest absolute Gasteiger partial charge is 0.225 e. The summed E-state index contributed by atoms with van der Waals surface area (Å²) in [6.45, 7) is 0.601. The third-order valence-corrected chi connectivity index (χ3v) is 4.37. The van der Waals surface area contributed by atoms with Crippen LogP contribution in [0.4, 0.5) is 0 Å². The second-order valence-corrected chi connectivity index (χ2v) is 5.95. The summed E-state index contributed by atoms with van der Waals surface area (Å²) in [5, 5.41) is 7.37. The lowest BCUT2D eigenvalue weighted by Gasteiger charge is -2.28. The number of rotatable bonds is 5. The molecule has 6 heteroatoms. The second-order valence-electron chi connectivity index (χ2n) is 5.95. The molecular formula is C16H18N4O2. The van der Waals surface area contributed by atoms with Crippen LogP contribution in [0.3, 0.4) is 0 Å². The number of carbonyl (C=O) groups excluding carboxylic acids is 1. The lowest BCUT2D eigenvalue weighted by atomic mass is 10.0. The largest absolute Gasteiger partial charge is 0.364 e. The summed E-state index contributed by atoms with van der Waals surface area (Å²) < 4.78 is 4.85. The maximum atomic E-state index is 12.4. The van der Waals surface area contributed by atoms with Gasteiger partial charge in [-0.3, -0.25) is 9.78 Å². The number of amides is 1. The fourth-order valence-corrected chi connectivity index (χ4v) is 3.23. The molecule has 1 N–H and O–H groups in total. The third-order valence-electron chi connectivity index (χ3n) is 4.37. The van der Waals surface area contributed by atoms with Gasteiger partial charge in [0.1, 0.15) is 6.26 Å². The van der Waals surface area contributed by atoms with Crippen molar-refractivity contribution in [2.45, 2.75) is 43.9 Å². The molecule has 2 fully saturated rings. The Morgan fingerprint density at radius 3 is 2.95 bits per heavy atom. The van der Waals surface area contributed by atoms with Crippen LogP contribution in [-0.4, -0.2) is 33.0 Å². The van der Waals surface area contributed by atoms with Gasteiger partial charge >= 0.3 is 0 Å². The van der Waals surface area contributed by atoms with Gasteiger partial charge < -0.3 is 14.7 Å². The van der Waals surface area contributed by atoms with E-state index in [4.69, 9.17) is 4.52 Å². The summed E-state index contributed by atoms with van der Waals surface area (Å²) in [4.78, 5) is 18.7. The number of hydrogen-bond donors (Lipinski definition) is 1. The number of nitrogens with zero attached hydrogens (tertiary/aromatic N) is 3.